The molecule has 1 spiro atoms. The van der Waals surface area contributed by atoms with Crippen molar-refractivity contribution in [1.82, 2.24) is 10.2 Å². The van der Waals surface area contributed by atoms with Gasteiger partial charge in [-0.25, -0.2) is 0 Å². The van der Waals surface area contributed by atoms with E-state index in [1.165, 1.54) is 51.9 Å². The van der Waals surface area contributed by atoms with Gasteiger partial charge in [-0.2, -0.15) is 0 Å². The second-order valence-electron chi connectivity index (χ2n) is 4.91. The molecule has 1 unspecified atom stereocenters. The number of hydrogen-bond acceptors (Lipinski definition) is 2. The summed E-state index contributed by atoms with van der Waals surface area (Å²) in [6.45, 7) is 5.32. The van der Waals surface area contributed by atoms with Crippen LogP contribution in [0.3, 0.4) is 0 Å². The van der Waals surface area contributed by atoms with Crippen LogP contribution in [0, 0.1) is 5.41 Å². The van der Waals surface area contributed by atoms with E-state index < -0.39 is 0 Å². The maximum Gasteiger partial charge on any atom is 0.0233 e. The highest BCUT2D eigenvalue weighted by Gasteiger charge is 2.49. The summed E-state index contributed by atoms with van der Waals surface area (Å²) < 4.78 is 0. The molecule has 2 nitrogen and oxygen atoms in total. The Hall–Kier alpha value is -0.0800. The molecule has 0 aromatic rings. The van der Waals surface area contributed by atoms with Gasteiger partial charge in [-0.05, 0) is 31.2 Å². The van der Waals surface area contributed by atoms with Crippen LogP contribution >= 0.6 is 0 Å². The van der Waals surface area contributed by atoms with E-state index in [1.54, 1.807) is 0 Å². The average molecular weight is 166 g/mol. The van der Waals surface area contributed by atoms with Gasteiger partial charge in [-0.3, -0.25) is 4.90 Å². The van der Waals surface area contributed by atoms with Gasteiger partial charge in [0.15, 0.2) is 0 Å². The lowest BCUT2D eigenvalue weighted by atomic mass is 9.63. The van der Waals surface area contributed by atoms with Crippen molar-refractivity contribution in [2.24, 2.45) is 5.41 Å². The largest absolute Gasteiger partial charge is 0.315 e. The second-order valence-corrected chi connectivity index (χ2v) is 4.91. The van der Waals surface area contributed by atoms with Crippen molar-refractivity contribution in [3.05, 3.63) is 0 Å². The lowest BCUT2D eigenvalue weighted by molar-refractivity contribution is -0.0789. The molecule has 3 rings (SSSR count). The van der Waals surface area contributed by atoms with Crippen molar-refractivity contribution in [3.8, 4) is 0 Å². The summed E-state index contributed by atoms with van der Waals surface area (Å²) in [4.78, 5) is 2.69. The summed E-state index contributed by atoms with van der Waals surface area (Å²) in [7, 11) is 0. The molecule has 0 amide bonds. The number of rotatable bonds is 1. The van der Waals surface area contributed by atoms with Crippen molar-refractivity contribution < 1.29 is 0 Å². The summed E-state index contributed by atoms with van der Waals surface area (Å²) in [5, 5.41) is 3.44. The lowest BCUT2D eigenvalue weighted by Crippen LogP contribution is -2.62. The van der Waals surface area contributed by atoms with E-state index in [0.717, 1.165) is 11.5 Å². The predicted molar refractivity (Wildman–Crippen MR) is 49.1 cm³/mol. The van der Waals surface area contributed by atoms with Crippen LogP contribution in [0.25, 0.3) is 0 Å². The predicted octanol–water partition coefficient (Wildman–Crippen LogP) is 0.834. The van der Waals surface area contributed by atoms with Crippen molar-refractivity contribution in [3.63, 3.8) is 0 Å². The molecule has 0 aromatic carbocycles. The molecule has 1 N–H and O–H groups in total. The number of nitrogens with zero attached hydrogens (tertiary/aromatic N) is 1. The quantitative estimate of drug-likeness (QED) is 0.621. The standard InChI is InChI=1S/C10H18N2/c1-3-10(4-1)7-12(8-10)9-2-5-11-6-9/h9,11H,1-8H2. The molecule has 68 valence electrons. The maximum absolute atomic E-state index is 3.44. The normalized spacial score (nSPS) is 39.5. The Morgan fingerprint density at radius 2 is 2.08 bits per heavy atom. The second kappa shape index (κ2) is 2.46. The molecule has 0 aromatic heterocycles. The molecule has 1 atom stereocenters. The highest BCUT2D eigenvalue weighted by Crippen LogP contribution is 2.48. The Kier molecular flexibility index (Phi) is 1.50. The Labute approximate surface area is 74.3 Å². The smallest absolute Gasteiger partial charge is 0.0233 e. The van der Waals surface area contributed by atoms with Crippen LogP contribution < -0.4 is 5.32 Å². The van der Waals surface area contributed by atoms with Crippen molar-refractivity contribution in [1.29, 1.82) is 0 Å². The van der Waals surface area contributed by atoms with Crippen LogP contribution in [0.4, 0.5) is 0 Å². The van der Waals surface area contributed by atoms with Crippen LogP contribution in [0.15, 0.2) is 0 Å². The van der Waals surface area contributed by atoms with Gasteiger partial charge in [-0.15, -0.1) is 0 Å². The fourth-order valence-electron chi connectivity index (χ4n) is 3.02. The summed E-state index contributed by atoms with van der Waals surface area (Å²) in [6, 6.07) is 0.885. The first kappa shape index (κ1) is 7.34. The third kappa shape index (κ3) is 0.944. The van der Waals surface area contributed by atoms with E-state index in [2.05, 4.69) is 10.2 Å². The van der Waals surface area contributed by atoms with Gasteiger partial charge in [0.05, 0.1) is 0 Å². The zero-order valence-electron chi connectivity index (χ0n) is 7.68. The van der Waals surface area contributed by atoms with Gasteiger partial charge in [0.25, 0.3) is 0 Å². The Morgan fingerprint density at radius 1 is 1.25 bits per heavy atom. The molecule has 12 heavy (non-hydrogen) atoms. The van der Waals surface area contributed by atoms with Crippen molar-refractivity contribution >= 4 is 0 Å². The van der Waals surface area contributed by atoms with Gasteiger partial charge in [0, 0.05) is 25.7 Å². The highest BCUT2D eigenvalue weighted by atomic mass is 15.3. The van der Waals surface area contributed by atoms with Gasteiger partial charge in [-0.1, -0.05) is 6.42 Å². The first-order chi connectivity index (χ1) is 5.88. The molecule has 1 saturated carbocycles. The Bertz CT molecular complexity index is 172. The zero-order chi connectivity index (χ0) is 8.02. The third-order valence-corrected chi connectivity index (χ3v) is 4.04. The number of likely N-dealkylation sites (tertiary alicyclic amines) is 1. The van der Waals surface area contributed by atoms with Crippen LogP contribution in [0.1, 0.15) is 25.7 Å². The first-order valence-corrected chi connectivity index (χ1v) is 5.33. The van der Waals surface area contributed by atoms with Crippen LogP contribution in [-0.2, 0) is 0 Å². The fourth-order valence-corrected chi connectivity index (χ4v) is 3.02. The lowest BCUT2D eigenvalue weighted by Gasteiger charge is -2.58. The minimum atomic E-state index is 0.822. The fraction of sp³-hybridized carbons (Fsp3) is 1.00. The molecule has 2 saturated heterocycles. The number of nitrogens with one attached hydrogen (secondary N) is 1. The monoisotopic (exact) mass is 166 g/mol. The molecular weight excluding hydrogens is 148 g/mol. The summed E-state index contributed by atoms with van der Waals surface area (Å²) >= 11 is 0. The van der Waals surface area contributed by atoms with Crippen molar-refractivity contribution in [2.45, 2.75) is 31.7 Å². The molecule has 3 aliphatic rings. The van der Waals surface area contributed by atoms with E-state index in [1.807, 2.05) is 0 Å². The molecule has 2 aliphatic heterocycles. The van der Waals surface area contributed by atoms with Gasteiger partial charge in [0.1, 0.15) is 0 Å². The van der Waals surface area contributed by atoms with E-state index in [4.69, 9.17) is 0 Å². The molecule has 2 heteroatoms. The topological polar surface area (TPSA) is 15.3 Å². The highest BCUT2D eigenvalue weighted by molar-refractivity contribution is 5.03. The zero-order valence-corrected chi connectivity index (χ0v) is 7.68. The Balaban J connectivity index is 1.54. The Morgan fingerprint density at radius 3 is 2.58 bits per heavy atom. The molecule has 3 fully saturated rings. The van der Waals surface area contributed by atoms with Crippen LogP contribution in [0.5, 0.6) is 0 Å². The summed E-state index contributed by atoms with van der Waals surface area (Å²) in [6.07, 6.45) is 5.92. The molecule has 0 radical (unpaired) electrons. The minimum absolute atomic E-state index is 0.822. The molecule has 2 heterocycles. The number of hydrogen-bond donors (Lipinski definition) is 1. The summed E-state index contributed by atoms with van der Waals surface area (Å²) in [5.41, 5.74) is 0.822. The van der Waals surface area contributed by atoms with Gasteiger partial charge < -0.3 is 5.32 Å². The van der Waals surface area contributed by atoms with E-state index in [0.29, 0.717) is 0 Å². The minimum Gasteiger partial charge on any atom is -0.315 e. The van der Waals surface area contributed by atoms with E-state index >= 15 is 0 Å². The van der Waals surface area contributed by atoms with Crippen LogP contribution in [0.2, 0.25) is 0 Å². The summed E-state index contributed by atoms with van der Waals surface area (Å²) in [5.74, 6) is 0. The molecule has 1 aliphatic carbocycles. The van der Waals surface area contributed by atoms with Gasteiger partial charge in [0.2, 0.25) is 0 Å². The third-order valence-electron chi connectivity index (χ3n) is 4.04. The van der Waals surface area contributed by atoms with Crippen molar-refractivity contribution in [2.75, 3.05) is 26.2 Å². The average Bonchev–Trinajstić information content (AvgIpc) is 2.32. The molecule has 0 bridgehead atoms. The maximum atomic E-state index is 3.44. The van der Waals surface area contributed by atoms with E-state index in [9.17, 15) is 0 Å². The first-order valence-electron chi connectivity index (χ1n) is 5.33. The SMILES string of the molecule is C1CC2(C1)CN(C1CCNC1)C2. The van der Waals surface area contributed by atoms with Crippen LogP contribution in [-0.4, -0.2) is 37.1 Å². The molecular formula is C10H18N2. The van der Waals surface area contributed by atoms with E-state index in [-0.39, 0.29) is 0 Å². The van der Waals surface area contributed by atoms with Gasteiger partial charge >= 0.3 is 0 Å².